The van der Waals surface area contributed by atoms with Crippen LogP contribution in [0.15, 0.2) is 109 Å². The topological polar surface area (TPSA) is 82.5 Å². The maximum atomic E-state index is 12.4. The quantitative estimate of drug-likeness (QED) is 0.166. The standard InChI is InChI=1S/C35H33N3O3S/c1-24(2)26-16-18-31(19-17-26)38(23-25-8-10-30(11-9-25)34(41)36-21-20-33(39)40)35-37-22-32(42-35)29-14-12-28(13-15-29)27-6-4-3-5-7-27/h3-19,22,24H,20-21,23H2,1-2H3,(H,36,41)(H,39,40). The van der Waals surface area contributed by atoms with E-state index in [-0.39, 0.29) is 18.9 Å². The Hall–Kier alpha value is -4.75. The van der Waals surface area contributed by atoms with Crippen LogP contribution in [0.25, 0.3) is 21.6 Å². The minimum absolute atomic E-state index is 0.0947. The first-order valence-electron chi connectivity index (χ1n) is 14.0. The summed E-state index contributed by atoms with van der Waals surface area (Å²) >= 11 is 1.64. The van der Waals surface area contributed by atoms with Gasteiger partial charge in [-0.25, -0.2) is 4.98 Å². The molecule has 0 fully saturated rings. The smallest absolute Gasteiger partial charge is 0.305 e. The summed E-state index contributed by atoms with van der Waals surface area (Å²) in [6, 6.07) is 34.9. The Kier molecular flexibility index (Phi) is 9.09. The number of benzene rings is 4. The summed E-state index contributed by atoms with van der Waals surface area (Å²) in [5.74, 6) is -0.791. The van der Waals surface area contributed by atoms with Gasteiger partial charge in [0, 0.05) is 24.0 Å². The maximum absolute atomic E-state index is 12.4. The van der Waals surface area contributed by atoms with Crippen LogP contribution >= 0.6 is 11.3 Å². The first-order valence-corrected chi connectivity index (χ1v) is 14.8. The largest absolute Gasteiger partial charge is 0.481 e. The highest BCUT2D eigenvalue weighted by atomic mass is 32.1. The number of rotatable bonds is 11. The maximum Gasteiger partial charge on any atom is 0.305 e. The molecule has 0 atom stereocenters. The number of carbonyl (C=O) groups is 2. The fourth-order valence-corrected chi connectivity index (χ4v) is 5.56. The summed E-state index contributed by atoms with van der Waals surface area (Å²) in [5.41, 5.74) is 7.31. The lowest BCUT2D eigenvalue weighted by molar-refractivity contribution is -0.136. The van der Waals surface area contributed by atoms with Crippen molar-refractivity contribution < 1.29 is 14.7 Å². The van der Waals surface area contributed by atoms with E-state index in [0.29, 0.717) is 18.0 Å². The van der Waals surface area contributed by atoms with Crippen molar-refractivity contribution in [3.8, 4) is 21.6 Å². The Bertz CT molecular complexity index is 1630. The zero-order valence-electron chi connectivity index (χ0n) is 23.7. The summed E-state index contributed by atoms with van der Waals surface area (Å²) in [6.45, 7) is 5.03. The van der Waals surface area contributed by atoms with E-state index < -0.39 is 5.97 Å². The lowest BCUT2D eigenvalue weighted by Crippen LogP contribution is -2.26. The molecule has 2 N–H and O–H groups in total. The molecular weight excluding hydrogens is 542 g/mol. The van der Waals surface area contributed by atoms with Gasteiger partial charge in [-0.1, -0.05) is 104 Å². The van der Waals surface area contributed by atoms with Gasteiger partial charge in [-0.05, 0) is 58.0 Å². The number of thiazole rings is 1. The van der Waals surface area contributed by atoms with Gasteiger partial charge in [0.1, 0.15) is 0 Å². The Balaban J connectivity index is 1.38. The van der Waals surface area contributed by atoms with Crippen molar-refractivity contribution in [3.05, 3.63) is 126 Å². The average Bonchev–Trinajstić information content (AvgIpc) is 3.51. The van der Waals surface area contributed by atoms with Crippen molar-refractivity contribution >= 4 is 34.0 Å². The molecule has 1 heterocycles. The van der Waals surface area contributed by atoms with Crippen molar-refractivity contribution in [2.75, 3.05) is 11.4 Å². The number of anilines is 2. The van der Waals surface area contributed by atoms with Crippen LogP contribution in [0.3, 0.4) is 0 Å². The predicted octanol–water partition coefficient (Wildman–Crippen LogP) is 8.14. The van der Waals surface area contributed by atoms with E-state index in [1.807, 2.05) is 36.5 Å². The number of hydrogen-bond acceptors (Lipinski definition) is 5. The Morgan fingerprint density at radius 2 is 1.48 bits per heavy atom. The Morgan fingerprint density at radius 1 is 0.833 bits per heavy atom. The molecule has 5 aromatic rings. The third-order valence-corrected chi connectivity index (χ3v) is 8.12. The van der Waals surface area contributed by atoms with Crippen LogP contribution < -0.4 is 10.2 Å². The van der Waals surface area contributed by atoms with Crippen LogP contribution in [0.5, 0.6) is 0 Å². The molecule has 212 valence electrons. The van der Waals surface area contributed by atoms with Gasteiger partial charge in [0.05, 0.1) is 17.8 Å². The van der Waals surface area contributed by atoms with E-state index in [1.165, 1.54) is 16.7 Å². The van der Waals surface area contributed by atoms with Gasteiger partial charge in [-0.3, -0.25) is 9.59 Å². The zero-order valence-corrected chi connectivity index (χ0v) is 24.5. The van der Waals surface area contributed by atoms with Gasteiger partial charge in [-0.2, -0.15) is 0 Å². The van der Waals surface area contributed by atoms with Crippen LogP contribution in [-0.4, -0.2) is 28.5 Å². The van der Waals surface area contributed by atoms with Crippen molar-refractivity contribution in [2.45, 2.75) is 32.7 Å². The fourth-order valence-electron chi connectivity index (χ4n) is 4.62. The van der Waals surface area contributed by atoms with Crippen molar-refractivity contribution in [1.82, 2.24) is 10.3 Å². The van der Waals surface area contributed by atoms with Gasteiger partial charge in [-0.15, -0.1) is 0 Å². The highest BCUT2D eigenvalue weighted by Crippen LogP contribution is 2.37. The van der Waals surface area contributed by atoms with Gasteiger partial charge in [0.2, 0.25) is 0 Å². The number of nitrogens with one attached hydrogen (secondary N) is 1. The molecule has 42 heavy (non-hydrogen) atoms. The second kappa shape index (κ2) is 13.3. The first kappa shape index (κ1) is 28.8. The second-order valence-corrected chi connectivity index (χ2v) is 11.4. The first-order chi connectivity index (χ1) is 20.4. The number of amides is 1. The normalized spacial score (nSPS) is 10.9. The number of carbonyl (C=O) groups excluding carboxylic acids is 1. The van der Waals surface area contributed by atoms with Crippen LogP contribution in [0.4, 0.5) is 10.8 Å². The molecule has 0 aliphatic carbocycles. The average molecular weight is 576 g/mol. The fraction of sp³-hybridized carbons (Fsp3) is 0.171. The van der Waals surface area contributed by atoms with E-state index in [0.717, 1.165) is 26.8 Å². The SMILES string of the molecule is CC(C)c1ccc(N(Cc2ccc(C(=O)NCCC(=O)O)cc2)c2ncc(-c3ccc(-c4ccccc4)cc3)s2)cc1. The molecule has 7 heteroatoms. The predicted molar refractivity (Wildman–Crippen MR) is 170 cm³/mol. The second-order valence-electron chi connectivity index (χ2n) is 10.4. The number of hydrogen-bond donors (Lipinski definition) is 2. The Morgan fingerprint density at radius 3 is 2.12 bits per heavy atom. The highest BCUT2D eigenvalue weighted by Gasteiger charge is 2.17. The lowest BCUT2D eigenvalue weighted by atomic mass is 10.0. The van der Waals surface area contributed by atoms with Crippen molar-refractivity contribution in [2.24, 2.45) is 0 Å². The third kappa shape index (κ3) is 7.11. The van der Waals surface area contributed by atoms with Crippen molar-refractivity contribution in [1.29, 1.82) is 0 Å². The molecule has 0 spiro atoms. The van der Waals surface area contributed by atoms with E-state index in [1.54, 1.807) is 23.5 Å². The number of nitrogens with zero attached hydrogens (tertiary/aromatic N) is 2. The summed E-state index contributed by atoms with van der Waals surface area (Å²) < 4.78 is 0. The molecule has 1 amide bonds. The molecule has 0 aliphatic rings. The number of aromatic nitrogens is 1. The summed E-state index contributed by atoms with van der Waals surface area (Å²) in [6.07, 6.45) is 1.82. The van der Waals surface area contributed by atoms with E-state index in [4.69, 9.17) is 10.1 Å². The van der Waals surface area contributed by atoms with Gasteiger partial charge < -0.3 is 15.3 Å². The molecule has 0 unspecified atom stereocenters. The van der Waals surface area contributed by atoms with Gasteiger partial charge in [0.15, 0.2) is 5.13 Å². The molecule has 4 aromatic carbocycles. The van der Waals surface area contributed by atoms with Crippen LogP contribution in [0, 0.1) is 0 Å². The Labute approximate surface area is 250 Å². The van der Waals surface area contributed by atoms with E-state index >= 15 is 0 Å². The number of carboxylic acid groups (broad SMARTS) is 1. The van der Waals surface area contributed by atoms with Crippen LogP contribution in [0.2, 0.25) is 0 Å². The molecule has 1 aromatic heterocycles. The molecule has 0 saturated carbocycles. The van der Waals surface area contributed by atoms with Crippen molar-refractivity contribution in [3.63, 3.8) is 0 Å². The van der Waals surface area contributed by atoms with E-state index in [9.17, 15) is 9.59 Å². The third-order valence-electron chi connectivity index (χ3n) is 7.05. The zero-order chi connectivity index (χ0) is 29.5. The summed E-state index contributed by atoms with van der Waals surface area (Å²) in [7, 11) is 0. The summed E-state index contributed by atoms with van der Waals surface area (Å²) in [4.78, 5) is 31.3. The molecular formula is C35H33N3O3S. The molecule has 0 bridgehead atoms. The lowest BCUT2D eigenvalue weighted by Gasteiger charge is -2.23. The number of carboxylic acids is 1. The molecule has 5 rings (SSSR count). The minimum Gasteiger partial charge on any atom is -0.481 e. The van der Waals surface area contributed by atoms with E-state index in [2.05, 4.69) is 84.7 Å². The molecule has 6 nitrogen and oxygen atoms in total. The van der Waals surface area contributed by atoms with Gasteiger partial charge in [0.25, 0.3) is 5.91 Å². The monoisotopic (exact) mass is 575 g/mol. The molecule has 0 aliphatic heterocycles. The number of aliphatic carboxylic acids is 1. The highest BCUT2D eigenvalue weighted by molar-refractivity contribution is 7.19. The molecule has 0 saturated heterocycles. The minimum atomic E-state index is -0.943. The van der Waals surface area contributed by atoms with Crippen LogP contribution in [-0.2, 0) is 11.3 Å². The summed E-state index contributed by atoms with van der Waals surface area (Å²) in [5, 5.41) is 12.3. The molecule has 0 radical (unpaired) electrons. The van der Waals surface area contributed by atoms with Gasteiger partial charge >= 0.3 is 5.97 Å². The van der Waals surface area contributed by atoms with Crippen LogP contribution in [0.1, 0.15) is 47.7 Å².